The SMILES string of the molecule is CCNC(=O)c1ccc(C)c(NC(=O)NCc2ccc(OC)c(O)c2)c1. The van der Waals surface area contributed by atoms with Crippen molar-refractivity contribution in [3.05, 3.63) is 53.1 Å². The third kappa shape index (κ3) is 4.89. The van der Waals surface area contributed by atoms with Crippen LogP contribution in [0.3, 0.4) is 0 Å². The van der Waals surface area contributed by atoms with E-state index < -0.39 is 6.03 Å². The number of carbonyl (C=O) groups is 2. The molecule has 0 aliphatic rings. The zero-order valence-electron chi connectivity index (χ0n) is 15.1. The number of hydrogen-bond acceptors (Lipinski definition) is 4. The molecule has 3 amide bonds. The largest absolute Gasteiger partial charge is 0.504 e. The van der Waals surface area contributed by atoms with Crippen LogP contribution in [0, 0.1) is 6.92 Å². The normalized spacial score (nSPS) is 10.1. The smallest absolute Gasteiger partial charge is 0.319 e. The highest BCUT2D eigenvalue weighted by Crippen LogP contribution is 2.26. The summed E-state index contributed by atoms with van der Waals surface area (Å²) in [7, 11) is 1.47. The molecule has 0 unspecified atom stereocenters. The molecule has 0 saturated carbocycles. The fraction of sp³-hybridized carbons (Fsp3) is 0.263. The number of nitrogens with one attached hydrogen (secondary N) is 3. The Morgan fingerprint density at radius 3 is 2.54 bits per heavy atom. The number of anilines is 1. The van der Waals surface area contributed by atoms with E-state index in [0.717, 1.165) is 11.1 Å². The van der Waals surface area contributed by atoms with Gasteiger partial charge in [0.2, 0.25) is 0 Å². The predicted octanol–water partition coefficient (Wildman–Crippen LogP) is 2.78. The molecule has 26 heavy (non-hydrogen) atoms. The predicted molar refractivity (Wildman–Crippen MR) is 99.7 cm³/mol. The van der Waals surface area contributed by atoms with E-state index in [-0.39, 0.29) is 18.2 Å². The topological polar surface area (TPSA) is 99.7 Å². The van der Waals surface area contributed by atoms with Crippen LogP contribution in [0.15, 0.2) is 36.4 Å². The monoisotopic (exact) mass is 357 g/mol. The molecule has 0 aliphatic heterocycles. The molecule has 7 heteroatoms. The zero-order chi connectivity index (χ0) is 19.1. The lowest BCUT2D eigenvalue weighted by molar-refractivity contribution is 0.0956. The van der Waals surface area contributed by atoms with Crippen molar-refractivity contribution in [1.29, 1.82) is 0 Å². The van der Waals surface area contributed by atoms with Gasteiger partial charge in [0.15, 0.2) is 11.5 Å². The molecule has 0 bridgehead atoms. The van der Waals surface area contributed by atoms with Gasteiger partial charge in [0.05, 0.1) is 7.11 Å². The van der Waals surface area contributed by atoms with Crippen LogP contribution in [0.4, 0.5) is 10.5 Å². The highest BCUT2D eigenvalue weighted by atomic mass is 16.5. The average molecular weight is 357 g/mol. The number of amides is 3. The molecule has 2 aromatic carbocycles. The van der Waals surface area contributed by atoms with Gasteiger partial charge in [0.1, 0.15) is 0 Å². The van der Waals surface area contributed by atoms with Gasteiger partial charge in [-0.2, -0.15) is 0 Å². The molecule has 2 aromatic rings. The van der Waals surface area contributed by atoms with E-state index in [9.17, 15) is 14.7 Å². The van der Waals surface area contributed by atoms with Crippen molar-refractivity contribution in [2.24, 2.45) is 0 Å². The quantitative estimate of drug-likeness (QED) is 0.639. The maximum Gasteiger partial charge on any atom is 0.319 e. The second-order valence-corrected chi connectivity index (χ2v) is 5.70. The maximum absolute atomic E-state index is 12.1. The first-order chi connectivity index (χ1) is 12.4. The summed E-state index contributed by atoms with van der Waals surface area (Å²) in [5.41, 5.74) is 2.61. The van der Waals surface area contributed by atoms with Gasteiger partial charge in [0.25, 0.3) is 5.91 Å². The van der Waals surface area contributed by atoms with Crippen LogP contribution in [-0.2, 0) is 6.54 Å². The van der Waals surface area contributed by atoms with Gasteiger partial charge in [-0.3, -0.25) is 4.79 Å². The Morgan fingerprint density at radius 2 is 1.88 bits per heavy atom. The second-order valence-electron chi connectivity index (χ2n) is 5.70. The van der Waals surface area contributed by atoms with Crippen molar-refractivity contribution in [1.82, 2.24) is 10.6 Å². The van der Waals surface area contributed by atoms with Crippen LogP contribution < -0.4 is 20.7 Å². The standard InChI is InChI=1S/C19H23N3O4/c1-4-20-18(24)14-7-5-12(2)15(10-14)22-19(25)21-11-13-6-8-17(26-3)16(23)9-13/h5-10,23H,4,11H2,1-3H3,(H,20,24)(H2,21,22,25). The number of rotatable bonds is 6. The number of hydrogen-bond donors (Lipinski definition) is 4. The van der Waals surface area contributed by atoms with Crippen LogP contribution in [0.5, 0.6) is 11.5 Å². The van der Waals surface area contributed by atoms with E-state index in [1.807, 2.05) is 13.8 Å². The van der Waals surface area contributed by atoms with Gasteiger partial charge in [-0.1, -0.05) is 12.1 Å². The number of phenols is 1. The minimum atomic E-state index is -0.406. The number of urea groups is 1. The maximum atomic E-state index is 12.1. The van der Waals surface area contributed by atoms with E-state index in [0.29, 0.717) is 23.5 Å². The lowest BCUT2D eigenvalue weighted by atomic mass is 10.1. The van der Waals surface area contributed by atoms with Crippen LogP contribution in [-0.4, -0.2) is 30.7 Å². The summed E-state index contributed by atoms with van der Waals surface area (Å²) in [6.07, 6.45) is 0. The lowest BCUT2D eigenvalue weighted by Crippen LogP contribution is -2.29. The number of benzene rings is 2. The summed E-state index contributed by atoms with van der Waals surface area (Å²) in [6.45, 7) is 4.46. The van der Waals surface area contributed by atoms with E-state index in [1.165, 1.54) is 13.2 Å². The number of carbonyl (C=O) groups excluding carboxylic acids is 2. The van der Waals surface area contributed by atoms with E-state index in [1.54, 1.807) is 30.3 Å². The Balaban J connectivity index is 2.00. The molecule has 0 radical (unpaired) electrons. The third-order valence-electron chi connectivity index (χ3n) is 3.78. The van der Waals surface area contributed by atoms with Crippen LogP contribution in [0.25, 0.3) is 0 Å². The molecule has 2 rings (SSSR count). The molecule has 0 heterocycles. The summed E-state index contributed by atoms with van der Waals surface area (Å²) in [5, 5.41) is 17.9. The molecule has 0 atom stereocenters. The molecule has 0 aliphatic carbocycles. The minimum Gasteiger partial charge on any atom is -0.504 e. The van der Waals surface area contributed by atoms with Crippen molar-refractivity contribution in [3.63, 3.8) is 0 Å². The fourth-order valence-electron chi connectivity index (χ4n) is 2.35. The summed E-state index contributed by atoms with van der Waals surface area (Å²) < 4.78 is 4.98. The lowest BCUT2D eigenvalue weighted by Gasteiger charge is -2.12. The number of ether oxygens (including phenoxy) is 1. The van der Waals surface area contributed by atoms with E-state index >= 15 is 0 Å². The van der Waals surface area contributed by atoms with E-state index in [2.05, 4.69) is 16.0 Å². The van der Waals surface area contributed by atoms with Crippen molar-refractivity contribution in [3.8, 4) is 11.5 Å². The molecular formula is C19H23N3O4. The van der Waals surface area contributed by atoms with Gasteiger partial charge in [-0.25, -0.2) is 4.79 Å². The van der Waals surface area contributed by atoms with Crippen LogP contribution in [0.2, 0.25) is 0 Å². The number of methoxy groups -OCH3 is 1. The first-order valence-corrected chi connectivity index (χ1v) is 8.24. The van der Waals surface area contributed by atoms with Gasteiger partial charge in [-0.15, -0.1) is 0 Å². The van der Waals surface area contributed by atoms with E-state index in [4.69, 9.17) is 4.74 Å². The summed E-state index contributed by atoms with van der Waals surface area (Å²) in [5.74, 6) is 0.193. The summed E-state index contributed by atoms with van der Waals surface area (Å²) in [4.78, 5) is 24.1. The van der Waals surface area contributed by atoms with Crippen molar-refractivity contribution >= 4 is 17.6 Å². The van der Waals surface area contributed by atoms with Gasteiger partial charge >= 0.3 is 6.03 Å². The van der Waals surface area contributed by atoms with Crippen LogP contribution >= 0.6 is 0 Å². The molecule has 4 N–H and O–H groups in total. The Morgan fingerprint density at radius 1 is 1.12 bits per heavy atom. The Kier molecular flexibility index (Phi) is 6.43. The van der Waals surface area contributed by atoms with Crippen molar-refractivity contribution in [2.45, 2.75) is 20.4 Å². The minimum absolute atomic E-state index is 0.0118. The molecule has 0 aromatic heterocycles. The molecule has 0 fully saturated rings. The summed E-state index contributed by atoms with van der Waals surface area (Å²) in [6, 6.07) is 9.63. The van der Waals surface area contributed by atoms with Gasteiger partial charge in [0, 0.05) is 24.3 Å². The van der Waals surface area contributed by atoms with Crippen molar-refractivity contribution < 1.29 is 19.4 Å². The number of phenolic OH excluding ortho intramolecular Hbond substituents is 1. The highest BCUT2D eigenvalue weighted by Gasteiger charge is 2.10. The molecule has 0 spiro atoms. The molecule has 138 valence electrons. The molecule has 0 saturated heterocycles. The Labute approximate surface area is 152 Å². The Bertz CT molecular complexity index is 805. The molecular weight excluding hydrogens is 334 g/mol. The fourth-order valence-corrected chi connectivity index (χ4v) is 2.35. The van der Waals surface area contributed by atoms with Crippen molar-refractivity contribution in [2.75, 3.05) is 19.0 Å². The number of aryl methyl sites for hydroxylation is 1. The van der Waals surface area contributed by atoms with Gasteiger partial charge in [-0.05, 0) is 49.2 Å². The van der Waals surface area contributed by atoms with Gasteiger partial charge < -0.3 is 25.8 Å². The Hall–Kier alpha value is -3.22. The first kappa shape index (κ1) is 19.1. The second kappa shape index (κ2) is 8.75. The highest BCUT2D eigenvalue weighted by molar-refractivity contribution is 5.97. The first-order valence-electron chi connectivity index (χ1n) is 8.24. The van der Waals surface area contributed by atoms with Crippen LogP contribution in [0.1, 0.15) is 28.4 Å². The average Bonchev–Trinajstić information content (AvgIpc) is 2.62. The number of aromatic hydroxyl groups is 1. The molecule has 7 nitrogen and oxygen atoms in total. The summed E-state index contributed by atoms with van der Waals surface area (Å²) >= 11 is 0. The zero-order valence-corrected chi connectivity index (χ0v) is 15.1. The third-order valence-corrected chi connectivity index (χ3v) is 3.78.